The molecular weight excluding hydrogens is 206 g/mol. The Hall–Kier alpha value is -2.61. The average Bonchev–Trinajstić information content (AvgIpc) is 2.69. The summed E-state index contributed by atoms with van der Waals surface area (Å²) in [5.41, 5.74) is 1.38. The molecule has 0 atom stereocenters. The number of hydrogen-bond acceptors (Lipinski definition) is 4. The van der Waals surface area contributed by atoms with E-state index in [-0.39, 0.29) is 0 Å². The topological polar surface area (TPSA) is 78.9 Å². The van der Waals surface area contributed by atoms with E-state index in [0.29, 0.717) is 11.5 Å². The van der Waals surface area contributed by atoms with Crippen LogP contribution in [0.4, 0.5) is 0 Å². The molecule has 5 heteroatoms. The molecule has 1 N–H and O–H groups in total. The first-order valence-electron chi connectivity index (χ1n) is 4.52. The Kier molecular flexibility index (Phi) is 2.65. The zero-order valence-corrected chi connectivity index (χ0v) is 8.18. The molecule has 1 aromatic carbocycles. The van der Waals surface area contributed by atoms with Crippen molar-refractivity contribution in [2.75, 3.05) is 0 Å². The first-order valence-corrected chi connectivity index (χ1v) is 4.52. The van der Waals surface area contributed by atoms with E-state index in [1.165, 1.54) is 18.3 Å². The van der Waals surface area contributed by atoms with E-state index >= 15 is 0 Å². The molecule has 78 valence electrons. The molecule has 0 aliphatic carbocycles. The fourth-order valence-corrected chi connectivity index (χ4v) is 1.21. The summed E-state index contributed by atoms with van der Waals surface area (Å²) in [6.45, 7) is 0. The number of para-hydroxylation sites is 2. The van der Waals surface area contributed by atoms with Gasteiger partial charge in [0.2, 0.25) is 5.89 Å². The number of nitrogens with one attached hydrogen (secondary N) is 1. The number of rotatable bonds is 2. The van der Waals surface area contributed by atoms with Gasteiger partial charge in [-0.1, -0.05) is 12.1 Å². The fraction of sp³-hybridized carbons (Fsp3) is 0. The maximum atomic E-state index is 10.9. The fourth-order valence-electron chi connectivity index (χ4n) is 1.21. The summed E-state index contributed by atoms with van der Waals surface area (Å²) in [5.74, 6) is -0.181. The Bertz CT molecular complexity index is 560. The van der Waals surface area contributed by atoms with Gasteiger partial charge in [-0.05, 0) is 12.1 Å². The van der Waals surface area contributed by atoms with Crippen LogP contribution in [0.3, 0.4) is 0 Å². The monoisotopic (exact) mass is 213 g/mol. The van der Waals surface area contributed by atoms with Crippen LogP contribution >= 0.6 is 0 Å². The van der Waals surface area contributed by atoms with Gasteiger partial charge in [0.05, 0.1) is 0 Å². The molecule has 0 unspecified atom stereocenters. The van der Waals surface area contributed by atoms with Crippen LogP contribution in [-0.4, -0.2) is 10.9 Å². The smallest absolute Gasteiger partial charge is 0.257 e. The third-order valence-corrected chi connectivity index (χ3v) is 1.87. The van der Waals surface area contributed by atoms with Gasteiger partial charge in [0.15, 0.2) is 11.8 Å². The summed E-state index contributed by atoms with van der Waals surface area (Å²) in [5, 5.41) is 10.2. The minimum Gasteiger partial charge on any atom is -0.437 e. The number of amides is 1. The Balaban J connectivity index is 2.22. The third kappa shape index (κ3) is 2.07. The molecule has 5 nitrogen and oxygen atoms in total. The zero-order valence-electron chi connectivity index (χ0n) is 8.18. The van der Waals surface area contributed by atoms with Gasteiger partial charge in [-0.25, -0.2) is 4.98 Å². The van der Waals surface area contributed by atoms with E-state index in [1.807, 2.05) is 23.5 Å². The zero-order chi connectivity index (χ0) is 11.4. The molecule has 0 saturated carbocycles. The van der Waals surface area contributed by atoms with Crippen molar-refractivity contribution in [3.05, 3.63) is 36.2 Å². The second-order valence-corrected chi connectivity index (χ2v) is 2.95. The van der Waals surface area contributed by atoms with E-state index < -0.39 is 5.91 Å². The Labute approximate surface area is 91.0 Å². The first-order chi connectivity index (χ1) is 7.79. The predicted molar refractivity (Wildman–Crippen MR) is 56.8 cm³/mol. The molecular formula is C11H7N3O2. The maximum Gasteiger partial charge on any atom is 0.257 e. The van der Waals surface area contributed by atoms with Crippen molar-refractivity contribution < 1.29 is 9.21 Å². The first kappa shape index (κ1) is 9.93. The van der Waals surface area contributed by atoms with Gasteiger partial charge in [-0.3, -0.25) is 10.1 Å². The quantitative estimate of drug-likeness (QED) is 0.465. The summed E-state index contributed by atoms with van der Waals surface area (Å²) < 4.78 is 5.34. The van der Waals surface area contributed by atoms with Crippen LogP contribution in [0.5, 0.6) is 0 Å². The number of nitrogens with zero attached hydrogens (tertiary/aromatic N) is 2. The lowest BCUT2D eigenvalue weighted by Crippen LogP contribution is -2.13. The molecule has 2 aromatic rings. The van der Waals surface area contributed by atoms with E-state index in [1.54, 1.807) is 6.07 Å². The molecule has 0 aliphatic rings. The number of carbonyl (C=O) groups is 1. The van der Waals surface area contributed by atoms with Crippen LogP contribution in [0.2, 0.25) is 0 Å². The lowest BCUT2D eigenvalue weighted by molar-refractivity contribution is -0.115. The minimum absolute atomic E-state index is 0.328. The van der Waals surface area contributed by atoms with Gasteiger partial charge < -0.3 is 4.42 Å². The SMILES string of the molecule is N#CNC(=O)C=Cc1nc2ccccc2o1. The highest BCUT2D eigenvalue weighted by atomic mass is 16.3. The summed E-state index contributed by atoms with van der Waals surface area (Å²) in [6.07, 6.45) is 4.13. The molecule has 0 bridgehead atoms. The van der Waals surface area contributed by atoms with E-state index in [0.717, 1.165) is 5.52 Å². The largest absolute Gasteiger partial charge is 0.437 e. The third-order valence-electron chi connectivity index (χ3n) is 1.87. The Morgan fingerprint density at radius 2 is 2.31 bits per heavy atom. The molecule has 2 rings (SSSR count). The molecule has 1 heterocycles. The molecule has 0 aliphatic heterocycles. The standard InChI is InChI=1S/C11H7N3O2/c12-7-13-10(15)5-6-11-14-8-3-1-2-4-9(8)16-11/h1-6H,(H,13,15). The van der Waals surface area contributed by atoms with Gasteiger partial charge >= 0.3 is 0 Å². The highest BCUT2D eigenvalue weighted by Gasteiger charge is 2.01. The molecule has 0 fully saturated rings. The normalized spacial score (nSPS) is 10.4. The number of hydrogen-bond donors (Lipinski definition) is 1. The van der Waals surface area contributed by atoms with Gasteiger partial charge in [-0.15, -0.1) is 0 Å². The molecule has 1 aromatic heterocycles. The van der Waals surface area contributed by atoms with Crippen molar-refractivity contribution in [1.82, 2.24) is 10.3 Å². The highest BCUT2D eigenvalue weighted by molar-refractivity contribution is 5.92. The molecule has 0 radical (unpaired) electrons. The van der Waals surface area contributed by atoms with Crippen LogP contribution in [0.25, 0.3) is 17.2 Å². The van der Waals surface area contributed by atoms with Crippen LogP contribution in [-0.2, 0) is 4.79 Å². The summed E-state index contributed by atoms with van der Waals surface area (Å²) in [6, 6.07) is 7.28. The lowest BCUT2D eigenvalue weighted by atomic mass is 10.3. The second kappa shape index (κ2) is 4.28. The summed E-state index contributed by atoms with van der Waals surface area (Å²) in [4.78, 5) is 15.1. The van der Waals surface area contributed by atoms with Crippen LogP contribution < -0.4 is 5.32 Å². The molecule has 16 heavy (non-hydrogen) atoms. The van der Waals surface area contributed by atoms with Crippen molar-refractivity contribution in [2.45, 2.75) is 0 Å². The van der Waals surface area contributed by atoms with Gasteiger partial charge in [0.1, 0.15) is 5.52 Å². The van der Waals surface area contributed by atoms with Crippen LogP contribution in [0.15, 0.2) is 34.8 Å². The Morgan fingerprint density at radius 3 is 3.06 bits per heavy atom. The molecule has 0 saturated heterocycles. The average molecular weight is 213 g/mol. The Morgan fingerprint density at radius 1 is 1.50 bits per heavy atom. The summed E-state index contributed by atoms with van der Waals surface area (Å²) >= 11 is 0. The van der Waals surface area contributed by atoms with E-state index in [2.05, 4.69) is 4.98 Å². The van der Waals surface area contributed by atoms with Crippen LogP contribution in [0.1, 0.15) is 5.89 Å². The molecule has 0 spiro atoms. The predicted octanol–water partition coefficient (Wildman–Crippen LogP) is 1.44. The number of nitriles is 1. The highest BCUT2D eigenvalue weighted by Crippen LogP contribution is 2.15. The summed E-state index contributed by atoms with van der Waals surface area (Å²) in [7, 11) is 0. The number of oxazole rings is 1. The van der Waals surface area contributed by atoms with E-state index in [9.17, 15) is 4.79 Å². The number of carbonyl (C=O) groups excluding carboxylic acids is 1. The lowest BCUT2D eigenvalue weighted by Gasteiger charge is -1.84. The van der Waals surface area contributed by atoms with Crippen molar-refractivity contribution >= 4 is 23.1 Å². The van der Waals surface area contributed by atoms with Crippen molar-refractivity contribution in [3.63, 3.8) is 0 Å². The number of aromatic nitrogens is 1. The van der Waals surface area contributed by atoms with Gasteiger partial charge in [-0.2, -0.15) is 5.26 Å². The number of benzene rings is 1. The second-order valence-electron chi connectivity index (χ2n) is 2.95. The van der Waals surface area contributed by atoms with Crippen molar-refractivity contribution in [3.8, 4) is 6.19 Å². The van der Waals surface area contributed by atoms with Crippen molar-refractivity contribution in [1.29, 1.82) is 5.26 Å². The van der Waals surface area contributed by atoms with E-state index in [4.69, 9.17) is 9.68 Å². The number of fused-ring (bicyclic) bond motifs is 1. The minimum atomic E-state index is -0.509. The van der Waals surface area contributed by atoms with Crippen molar-refractivity contribution in [2.24, 2.45) is 0 Å². The van der Waals surface area contributed by atoms with Gasteiger partial charge in [0, 0.05) is 12.2 Å². The molecule has 1 amide bonds. The maximum absolute atomic E-state index is 10.9. The van der Waals surface area contributed by atoms with Crippen LogP contribution in [0, 0.1) is 11.5 Å². The van der Waals surface area contributed by atoms with Gasteiger partial charge in [0.25, 0.3) is 5.91 Å².